The predicted molar refractivity (Wildman–Crippen MR) is 51.3 cm³/mol. The van der Waals surface area contributed by atoms with E-state index in [1.165, 1.54) is 0 Å². The van der Waals surface area contributed by atoms with Crippen molar-refractivity contribution in [2.24, 2.45) is 0 Å². The Morgan fingerprint density at radius 2 is 1.45 bits per heavy atom. The van der Waals surface area contributed by atoms with Crippen molar-refractivity contribution < 1.29 is 4.39 Å². The van der Waals surface area contributed by atoms with Crippen LogP contribution in [0.1, 0.15) is 11.1 Å². The van der Waals surface area contributed by atoms with Crippen LogP contribution in [0.3, 0.4) is 0 Å². The van der Waals surface area contributed by atoms with Gasteiger partial charge in [0.2, 0.25) is 0 Å². The van der Waals surface area contributed by atoms with Gasteiger partial charge in [0.05, 0.1) is 0 Å². The van der Waals surface area contributed by atoms with Crippen LogP contribution in [-0.4, -0.2) is 0 Å². The van der Waals surface area contributed by atoms with Crippen LogP contribution in [0.4, 0.5) is 4.39 Å². The van der Waals surface area contributed by atoms with E-state index in [0.29, 0.717) is 11.1 Å². The van der Waals surface area contributed by atoms with Crippen LogP contribution in [0.2, 0.25) is 0 Å². The lowest BCUT2D eigenvalue weighted by Crippen LogP contribution is -1.89. The van der Waals surface area contributed by atoms with E-state index in [1.807, 2.05) is 6.07 Å². The highest BCUT2D eigenvalue weighted by Gasteiger charge is 2.08. The van der Waals surface area contributed by atoms with Gasteiger partial charge in [0, 0.05) is 8.95 Å². The molecule has 0 atom stereocenters. The highest BCUT2D eigenvalue weighted by molar-refractivity contribution is 9.11. The fourth-order valence-electron chi connectivity index (χ4n) is 0.819. The number of rotatable bonds is 0. The molecular formula is C8H7Br2F. The van der Waals surface area contributed by atoms with Gasteiger partial charge in [-0.15, -0.1) is 0 Å². The van der Waals surface area contributed by atoms with Gasteiger partial charge in [0.1, 0.15) is 5.82 Å². The van der Waals surface area contributed by atoms with Gasteiger partial charge in [-0.2, -0.15) is 0 Å². The molecule has 3 heteroatoms. The molecule has 0 saturated carbocycles. The summed E-state index contributed by atoms with van der Waals surface area (Å²) in [5.41, 5.74) is 1.32. The largest absolute Gasteiger partial charge is 0.206 e. The molecule has 0 bridgehead atoms. The second kappa shape index (κ2) is 3.23. The smallest absolute Gasteiger partial charge is 0.131 e. The van der Waals surface area contributed by atoms with Crippen molar-refractivity contribution in [3.63, 3.8) is 0 Å². The van der Waals surface area contributed by atoms with Crippen molar-refractivity contribution in [3.05, 3.63) is 32.0 Å². The molecule has 0 unspecified atom stereocenters. The maximum atomic E-state index is 13.2. The molecule has 0 saturated heterocycles. The van der Waals surface area contributed by atoms with E-state index in [1.54, 1.807) is 13.8 Å². The Kier molecular flexibility index (Phi) is 2.70. The fourth-order valence-corrected chi connectivity index (χ4v) is 1.93. The van der Waals surface area contributed by atoms with Gasteiger partial charge < -0.3 is 0 Å². The number of hydrogen-bond donors (Lipinski definition) is 0. The first-order valence-electron chi connectivity index (χ1n) is 3.14. The topological polar surface area (TPSA) is 0 Å². The summed E-state index contributed by atoms with van der Waals surface area (Å²) in [6.07, 6.45) is 0. The van der Waals surface area contributed by atoms with Crippen LogP contribution in [0.25, 0.3) is 0 Å². The Morgan fingerprint density at radius 1 is 1.09 bits per heavy atom. The lowest BCUT2D eigenvalue weighted by Gasteiger charge is -2.05. The summed E-state index contributed by atoms with van der Waals surface area (Å²) in [5.74, 6) is -0.147. The predicted octanol–water partition coefficient (Wildman–Crippen LogP) is 3.97. The third-order valence-electron chi connectivity index (χ3n) is 1.63. The number of hydrogen-bond acceptors (Lipinski definition) is 0. The normalized spacial score (nSPS) is 10.3. The first-order chi connectivity index (χ1) is 5.04. The number of halogens is 3. The zero-order valence-electron chi connectivity index (χ0n) is 6.21. The van der Waals surface area contributed by atoms with Gasteiger partial charge in [-0.05, 0) is 31.0 Å². The van der Waals surface area contributed by atoms with Crippen molar-refractivity contribution >= 4 is 31.9 Å². The highest BCUT2D eigenvalue weighted by atomic mass is 79.9. The SMILES string of the molecule is Cc1c(Br)cc(Br)c(C)c1F. The second-order valence-electron chi connectivity index (χ2n) is 2.40. The zero-order chi connectivity index (χ0) is 8.59. The molecule has 0 N–H and O–H groups in total. The van der Waals surface area contributed by atoms with Crippen LogP contribution in [0.5, 0.6) is 0 Å². The van der Waals surface area contributed by atoms with Crippen LogP contribution >= 0.6 is 31.9 Å². The Bertz CT molecular complexity index is 268. The molecule has 1 rings (SSSR count). The molecule has 0 fully saturated rings. The molecule has 1 aromatic carbocycles. The van der Waals surface area contributed by atoms with Crippen molar-refractivity contribution in [2.45, 2.75) is 13.8 Å². The minimum Gasteiger partial charge on any atom is -0.206 e. The summed E-state index contributed by atoms with van der Waals surface area (Å²) in [4.78, 5) is 0. The van der Waals surface area contributed by atoms with Gasteiger partial charge >= 0.3 is 0 Å². The van der Waals surface area contributed by atoms with Gasteiger partial charge in [0.15, 0.2) is 0 Å². The first-order valence-corrected chi connectivity index (χ1v) is 4.73. The molecule has 0 aliphatic carbocycles. The van der Waals surface area contributed by atoms with E-state index in [2.05, 4.69) is 31.9 Å². The molecular weight excluding hydrogens is 275 g/mol. The quantitative estimate of drug-likeness (QED) is 0.675. The summed E-state index contributed by atoms with van der Waals surface area (Å²) in [7, 11) is 0. The third kappa shape index (κ3) is 1.64. The van der Waals surface area contributed by atoms with Gasteiger partial charge in [-0.3, -0.25) is 0 Å². The van der Waals surface area contributed by atoms with Crippen LogP contribution < -0.4 is 0 Å². The summed E-state index contributed by atoms with van der Waals surface area (Å²) in [6.45, 7) is 3.50. The maximum absolute atomic E-state index is 13.2. The Balaban J connectivity index is 3.46. The van der Waals surface area contributed by atoms with Crippen molar-refractivity contribution in [3.8, 4) is 0 Å². The van der Waals surface area contributed by atoms with Gasteiger partial charge in [-0.25, -0.2) is 4.39 Å². The second-order valence-corrected chi connectivity index (χ2v) is 4.11. The minimum absolute atomic E-state index is 0.147. The van der Waals surface area contributed by atoms with E-state index in [9.17, 15) is 4.39 Å². The van der Waals surface area contributed by atoms with E-state index >= 15 is 0 Å². The zero-order valence-corrected chi connectivity index (χ0v) is 9.38. The maximum Gasteiger partial charge on any atom is 0.131 e. The molecule has 0 radical (unpaired) electrons. The van der Waals surface area contributed by atoms with Gasteiger partial charge in [-0.1, -0.05) is 31.9 Å². The molecule has 1 aromatic rings. The van der Waals surface area contributed by atoms with Crippen LogP contribution in [-0.2, 0) is 0 Å². The van der Waals surface area contributed by atoms with Crippen molar-refractivity contribution in [1.82, 2.24) is 0 Å². The van der Waals surface area contributed by atoms with E-state index < -0.39 is 0 Å². The summed E-state index contributed by atoms with van der Waals surface area (Å²) >= 11 is 6.52. The summed E-state index contributed by atoms with van der Waals surface area (Å²) in [5, 5.41) is 0. The molecule has 0 heterocycles. The lowest BCUT2D eigenvalue weighted by molar-refractivity contribution is 0.607. The average molecular weight is 282 g/mol. The van der Waals surface area contributed by atoms with E-state index in [4.69, 9.17) is 0 Å². The Morgan fingerprint density at radius 3 is 1.82 bits per heavy atom. The summed E-state index contributed by atoms with van der Waals surface area (Å²) < 4.78 is 14.8. The van der Waals surface area contributed by atoms with Crippen molar-refractivity contribution in [1.29, 1.82) is 0 Å². The Hall–Kier alpha value is 0.110. The average Bonchev–Trinajstić information content (AvgIpc) is 1.97. The molecule has 0 aromatic heterocycles. The van der Waals surface area contributed by atoms with E-state index in [0.717, 1.165) is 8.95 Å². The third-order valence-corrected chi connectivity index (χ3v) is 3.28. The van der Waals surface area contributed by atoms with Crippen LogP contribution in [0.15, 0.2) is 15.0 Å². The van der Waals surface area contributed by atoms with Gasteiger partial charge in [0.25, 0.3) is 0 Å². The minimum atomic E-state index is -0.147. The monoisotopic (exact) mass is 280 g/mol. The summed E-state index contributed by atoms with van der Waals surface area (Å²) in [6, 6.07) is 1.85. The molecule has 0 nitrogen and oxygen atoms in total. The Labute approximate surface area is 82.1 Å². The molecule has 0 amide bonds. The lowest BCUT2D eigenvalue weighted by atomic mass is 10.1. The standard InChI is InChI=1S/C8H7Br2F/c1-4-6(9)3-7(10)5(2)8(4)11/h3H,1-2H3. The number of benzene rings is 1. The molecule has 0 aliphatic rings. The molecule has 11 heavy (non-hydrogen) atoms. The van der Waals surface area contributed by atoms with E-state index in [-0.39, 0.29) is 5.82 Å². The molecule has 60 valence electrons. The fraction of sp³-hybridized carbons (Fsp3) is 0.250. The van der Waals surface area contributed by atoms with Crippen molar-refractivity contribution in [2.75, 3.05) is 0 Å². The highest BCUT2D eigenvalue weighted by Crippen LogP contribution is 2.28. The van der Waals surface area contributed by atoms with Crippen LogP contribution in [0, 0.1) is 19.7 Å². The molecule has 0 aliphatic heterocycles. The molecule has 0 spiro atoms. The first kappa shape index (κ1) is 9.20.